The Kier molecular flexibility index (Phi) is 5.57. The van der Waals surface area contributed by atoms with Crippen LogP contribution in [-0.2, 0) is 20.0 Å². The highest BCUT2D eigenvalue weighted by Gasteiger charge is 2.30. The first-order valence-electron chi connectivity index (χ1n) is 6.08. The van der Waals surface area contributed by atoms with E-state index in [1.54, 1.807) is 0 Å². The van der Waals surface area contributed by atoms with Crippen molar-refractivity contribution in [2.24, 2.45) is 0 Å². The minimum absolute atomic E-state index is 0.0225. The van der Waals surface area contributed by atoms with Gasteiger partial charge in [-0.25, -0.2) is 16.8 Å². The van der Waals surface area contributed by atoms with Gasteiger partial charge in [-0.15, -0.1) is 0 Å². The van der Waals surface area contributed by atoms with Crippen molar-refractivity contribution in [2.45, 2.75) is 19.8 Å². The van der Waals surface area contributed by atoms with Gasteiger partial charge in [0.15, 0.2) is 0 Å². The molecule has 1 saturated heterocycles. The Morgan fingerprint density at radius 2 is 1.28 bits per heavy atom. The Bertz CT molecular complexity index is 406. The molecule has 0 aromatic carbocycles. The van der Waals surface area contributed by atoms with Gasteiger partial charge in [-0.3, -0.25) is 0 Å². The second-order valence-corrected chi connectivity index (χ2v) is 8.46. The summed E-state index contributed by atoms with van der Waals surface area (Å²) in [6, 6.07) is 0. The van der Waals surface area contributed by atoms with Crippen LogP contribution in [0.4, 0.5) is 0 Å². The number of hydrogen-bond donors (Lipinski definition) is 0. The van der Waals surface area contributed by atoms with Gasteiger partial charge >= 0.3 is 0 Å². The van der Waals surface area contributed by atoms with Crippen LogP contribution in [0.3, 0.4) is 0 Å². The molecule has 1 aliphatic heterocycles. The van der Waals surface area contributed by atoms with Crippen molar-refractivity contribution >= 4 is 20.0 Å². The molecule has 0 unspecified atom stereocenters. The molecule has 0 amide bonds. The summed E-state index contributed by atoms with van der Waals surface area (Å²) in [6.45, 7) is 6.32. The lowest BCUT2D eigenvalue weighted by Crippen LogP contribution is -2.51. The van der Waals surface area contributed by atoms with Gasteiger partial charge in [0.05, 0.1) is 11.5 Å². The van der Waals surface area contributed by atoms with Crippen molar-refractivity contribution in [3.05, 3.63) is 6.92 Å². The number of rotatable bonds is 6. The van der Waals surface area contributed by atoms with Crippen LogP contribution in [0.1, 0.15) is 19.8 Å². The van der Waals surface area contributed by atoms with E-state index in [4.69, 9.17) is 0 Å². The average molecular weight is 297 g/mol. The van der Waals surface area contributed by atoms with Crippen molar-refractivity contribution in [1.82, 2.24) is 8.61 Å². The minimum atomic E-state index is -3.27. The average Bonchev–Trinajstić information content (AvgIpc) is 2.29. The van der Waals surface area contributed by atoms with Gasteiger partial charge in [0.25, 0.3) is 0 Å². The van der Waals surface area contributed by atoms with Gasteiger partial charge in [0.1, 0.15) is 0 Å². The first-order valence-corrected chi connectivity index (χ1v) is 9.30. The van der Waals surface area contributed by atoms with E-state index < -0.39 is 20.0 Å². The fourth-order valence-corrected chi connectivity index (χ4v) is 4.76. The Morgan fingerprint density at radius 3 is 1.61 bits per heavy atom. The van der Waals surface area contributed by atoms with Crippen LogP contribution < -0.4 is 0 Å². The molecule has 1 aliphatic rings. The predicted molar refractivity (Wildman–Crippen MR) is 71.0 cm³/mol. The summed E-state index contributed by atoms with van der Waals surface area (Å²) in [4.78, 5) is 0. The van der Waals surface area contributed by atoms with Crippen LogP contribution in [0.5, 0.6) is 0 Å². The third-order valence-electron chi connectivity index (χ3n) is 2.85. The lowest BCUT2D eigenvalue weighted by atomic mass is 10.4. The second-order valence-electron chi connectivity index (χ2n) is 4.28. The number of nitrogens with zero attached hydrogens (tertiary/aromatic N) is 2. The third kappa shape index (κ3) is 3.91. The Balaban J connectivity index is 2.62. The zero-order valence-corrected chi connectivity index (χ0v) is 12.3. The molecule has 0 N–H and O–H groups in total. The number of hydrogen-bond acceptors (Lipinski definition) is 4. The zero-order valence-electron chi connectivity index (χ0n) is 10.7. The molecular weight excluding hydrogens is 276 g/mol. The van der Waals surface area contributed by atoms with E-state index in [0.717, 1.165) is 0 Å². The highest BCUT2D eigenvalue weighted by atomic mass is 32.2. The van der Waals surface area contributed by atoms with Crippen molar-refractivity contribution in [3.8, 4) is 0 Å². The van der Waals surface area contributed by atoms with Gasteiger partial charge in [0.2, 0.25) is 20.0 Å². The standard InChI is InChI=1S/C10H21N2O4S2/c1-3-9-17(13,14)11-5-7-12(8-6-11)18(15,16)10-4-2/h1,3-10H2,2H3. The molecule has 107 valence electrons. The SMILES string of the molecule is [CH2]CCS(=O)(=O)N1CCN(S(=O)(=O)CCC)CC1. The molecule has 1 radical (unpaired) electrons. The van der Waals surface area contributed by atoms with E-state index in [2.05, 4.69) is 6.92 Å². The van der Waals surface area contributed by atoms with Crippen molar-refractivity contribution in [2.75, 3.05) is 37.7 Å². The zero-order chi connectivity index (χ0) is 13.8. The van der Waals surface area contributed by atoms with Gasteiger partial charge in [-0.1, -0.05) is 13.8 Å². The monoisotopic (exact) mass is 297 g/mol. The van der Waals surface area contributed by atoms with Crippen LogP contribution in [0, 0.1) is 6.92 Å². The number of sulfonamides is 2. The van der Waals surface area contributed by atoms with Crippen LogP contribution in [0.15, 0.2) is 0 Å². The molecular formula is C10H21N2O4S2. The third-order valence-corrected chi connectivity index (χ3v) is 6.88. The predicted octanol–water partition coefficient (Wildman–Crippen LogP) is -0.102. The molecule has 0 bridgehead atoms. The Morgan fingerprint density at radius 1 is 0.889 bits per heavy atom. The van der Waals surface area contributed by atoms with Gasteiger partial charge in [-0.05, 0) is 12.8 Å². The Hall–Kier alpha value is -0.180. The van der Waals surface area contributed by atoms with Gasteiger partial charge in [-0.2, -0.15) is 8.61 Å². The summed E-state index contributed by atoms with van der Waals surface area (Å²) in [7, 11) is -6.48. The first-order chi connectivity index (χ1) is 8.33. The number of piperazine rings is 1. The van der Waals surface area contributed by atoms with Gasteiger partial charge in [0, 0.05) is 26.2 Å². The molecule has 1 heterocycles. The van der Waals surface area contributed by atoms with Crippen LogP contribution >= 0.6 is 0 Å². The van der Waals surface area contributed by atoms with E-state index in [-0.39, 0.29) is 37.7 Å². The fraction of sp³-hybridized carbons (Fsp3) is 0.900. The fourth-order valence-electron chi connectivity index (χ4n) is 1.92. The molecule has 0 aliphatic carbocycles. The maximum atomic E-state index is 11.8. The topological polar surface area (TPSA) is 74.8 Å². The van der Waals surface area contributed by atoms with Crippen LogP contribution in [0.2, 0.25) is 0 Å². The van der Waals surface area contributed by atoms with Crippen LogP contribution in [-0.4, -0.2) is 63.1 Å². The molecule has 1 rings (SSSR count). The molecule has 8 heteroatoms. The second kappa shape index (κ2) is 6.31. The summed E-state index contributed by atoms with van der Waals surface area (Å²) >= 11 is 0. The summed E-state index contributed by atoms with van der Waals surface area (Å²) in [5.74, 6) is 0.146. The molecule has 0 aromatic heterocycles. The molecule has 0 spiro atoms. The molecule has 18 heavy (non-hydrogen) atoms. The molecule has 0 saturated carbocycles. The normalized spacial score (nSPS) is 20.1. The lowest BCUT2D eigenvalue weighted by Gasteiger charge is -2.33. The highest BCUT2D eigenvalue weighted by Crippen LogP contribution is 2.12. The Labute approximate surface area is 110 Å². The van der Waals surface area contributed by atoms with E-state index in [1.165, 1.54) is 8.61 Å². The van der Waals surface area contributed by atoms with E-state index in [0.29, 0.717) is 12.8 Å². The molecule has 6 nitrogen and oxygen atoms in total. The smallest absolute Gasteiger partial charge is 0.212 e. The van der Waals surface area contributed by atoms with Crippen LogP contribution in [0.25, 0.3) is 0 Å². The van der Waals surface area contributed by atoms with E-state index >= 15 is 0 Å². The maximum Gasteiger partial charge on any atom is 0.214 e. The summed E-state index contributed by atoms with van der Waals surface area (Å²) in [6.07, 6.45) is 0.902. The van der Waals surface area contributed by atoms with Crippen molar-refractivity contribution in [1.29, 1.82) is 0 Å². The van der Waals surface area contributed by atoms with Gasteiger partial charge < -0.3 is 0 Å². The molecule has 0 aromatic rings. The molecule has 1 fully saturated rings. The summed E-state index contributed by atoms with van der Waals surface area (Å²) in [5.41, 5.74) is 0. The van der Waals surface area contributed by atoms with Crippen molar-refractivity contribution < 1.29 is 16.8 Å². The quantitative estimate of drug-likeness (QED) is 0.686. The largest absolute Gasteiger partial charge is 0.214 e. The summed E-state index contributed by atoms with van der Waals surface area (Å²) < 4.78 is 49.9. The van der Waals surface area contributed by atoms with E-state index in [9.17, 15) is 16.8 Å². The van der Waals surface area contributed by atoms with E-state index in [1.807, 2.05) is 6.92 Å². The molecule has 0 atom stereocenters. The summed E-state index contributed by atoms with van der Waals surface area (Å²) in [5, 5.41) is 0. The highest BCUT2D eigenvalue weighted by molar-refractivity contribution is 7.89. The lowest BCUT2D eigenvalue weighted by molar-refractivity contribution is 0.273. The van der Waals surface area contributed by atoms with Crippen molar-refractivity contribution in [3.63, 3.8) is 0 Å². The minimum Gasteiger partial charge on any atom is -0.212 e. The first kappa shape index (κ1) is 15.9. The maximum absolute atomic E-state index is 11.8.